The normalized spacial score (nSPS) is 11.6. The van der Waals surface area contributed by atoms with E-state index >= 15 is 0 Å². The van der Waals surface area contributed by atoms with Gasteiger partial charge in [-0.2, -0.15) is 0 Å². The molecule has 1 amide bonds. The standard InChI is InChI=1S/C25H22N2O5S2/c1-31-22-14-17(8-12-21(22)32-16-18-6-4-3-5-7-18)9-13-24(28)27-25-26-20-11-10-19(34(2,29)30)15-23(20)33-25/h3-15H,16H2,1-2H3,(H,26,27,28). The fraction of sp³-hybridized carbons (Fsp3) is 0.120. The lowest BCUT2D eigenvalue weighted by molar-refractivity contribution is -0.111. The molecule has 4 aromatic rings. The summed E-state index contributed by atoms with van der Waals surface area (Å²) in [6, 6.07) is 19.9. The summed E-state index contributed by atoms with van der Waals surface area (Å²) in [5.74, 6) is 0.813. The van der Waals surface area contributed by atoms with Crippen molar-refractivity contribution in [2.45, 2.75) is 11.5 Å². The minimum Gasteiger partial charge on any atom is -0.493 e. The number of nitrogens with one attached hydrogen (secondary N) is 1. The molecule has 0 aliphatic heterocycles. The van der Waals surface area contributed by atoms with Crippen LogP contribution in [0.25, 0.3) is 16.3 Å². The van der Waals surface area contributed by atoms with Gasteiger partial charge < -0.3 is 9.47 Å². The monoisotopic (exact) mass is 494 g/mol. The van der Waals surface area contributed by atoms with Gasteiger partial charge in [0, 0.05) is 12.3 Å². The predicted octanol–water partition coefficient (Wildman–Crippen LogP) is 4.94. The lowest BCUT2D eigenvalue weighted by Crippen LogP contribution is -2.07. The third-order valence-electron chi connectivity index (χ3n) is 4.87. The van der Waals surface area contributed by atoms with E-state index < -0.39 is 9.84 Å². The van der Waals surface area contributed by atoms with Crippen LogP contribution in [0.5, 0.6) is 11.5 Å². The third-order valence-corrected chi connectivity index (χ3v) is 6.91. The Kier molecular flexibility index (Phi) is 6.95. The number of fused-ring (bicyclic) bond motifs is 1. The van der Waals surface area contributed by atoms with Crippen molar-refractivity contribution in [2.24, 2.45) is 0 Å². The number of benzene rings is 3. The molecule has 0 radical (unpaired) electrons. The second-order valence-corrected chi connectivity index (χ2v) is 10.5. The Morgan fingerprint density at radius 3 is 2.59 bits per heavy atom. The van der Waals surface area contributed by atoms with Crippen LogP contribution in [-0.4, -0.2) is 32.7 Å². The highest BCUT2D eigenvalue weighted by Gasteiger charge is 2.12. The largest absolute Gasteiger partial charge is 0.493 e. The molecule has 0 aliphatic carbocycles. The summed E-state index contributed by atoms with van der Waals surface area (Å²) in [6.07, 6.45) is 4.21. The summed E-state index contributed by atoms with van der Waals surface area (Å²) in [7, 11) is -1.75. The van der Waals surface area contributed by atoms with E-state index in [1.807, 2.05) is 36.4 Å². The van der Waals surface area contributed by atoms with Gasteiger partial charge in [0.05, 0.1) is 22.2 Å². The lowest BCUT2D eigenvalue weighted by atomic mass is 10.2. The van der Waals surface area contributed by atoms with Gasteiger partial charge in [-0.15, -0.1) is 0 Å². The van der Waals surface area contributed by atoms with Crippen molar-refractivity contribution in [2.75, 3.05) is 18.7 Å². The first kappa shape index (κ1) is 23.5. The number of carbonyl (C=O) groups excluding carboxylic acids is 1. The SMILES string of the molecule is COc1cc(C=CC(=O)Nc2nc3ccc(S(C)(=O)=O)cc3s2)ccc1OCc1ccccc1. The number of nitrogens with zero attached hydrogens (tertiary/aromatic N) is 1. The number of rotatable bonds is 8. The van der Waals surface area contributed by atoms with E-state index in [1.165, 1.54) is 23.5 Å². The van der Waals surface area contributed by atoms with E-state index in [9.17, 15) is 13.2 Å². The van der Waals surface area contributed by atoms with Crippen LogP contribution in [0.1, 0.15) is 11.1 Å². The lowest BCUT2D eigenvalue weighted by Gasteiger charge is -2.11. The first-order valence-electron chi connectivity index (χ1n) is 10.3. The number of carbonyl (C=O) groups is 1. The van der Waals surface area contributed by atoms with Gasteiger partial charge in [0.2, 0.25) is 5.91 Å². The van der Waals surface area contributed by atoms with Crippen molar-refractivity contribution >= 4 is 48.5 Å². The summed E-state index contributed by atoms with van der Waals surface area (Å²) < 4.78 is 35.4. The van der Waals surface area contributed by atoms with Crippen LogP contribution in [0.3, 0.4) is 0 Å². The van der Waals surface area contributed by atoms with E-state index in [0.717, 1.165) is 17.4 Å². The van der Waals surface area contributed by atoms with Gasteiger partial charge in [-0.3, -0.25) is 10.1 Å². The van der Waals surface area contributed by atoms with Crippen molar-refractivity contribution in [3.05, 3.63) is 83.9 Å². The number of aromatic nitrogens is 1. The summed E-state index contributed by atoms with van der Waals surface area (Å²) in [4.78, 5) is 16.9. The summed E-state index contributed by atoms with van der Waals surface area (Å²) in [5, 5.41) is 3.10. The van der Waals surface area contributed by atoms with Crippen molar-refractivity contribution in [1.29, 1.82) is 0 Å². The van der Waals surface area contributed by atoms with Gasteiger partial charge in [-0.25, -0.2) is 13.4 Å². The average molecular weight is 495 g/mol. The summed E-state index contributed by atoms with van der Waals surface area (Å²) in [5.41, 5.74) is 2.43. The first-order valence-corrected chi connectivity index (χ1v) is 13.0. The predicted molar refractivity (Wildman–Crippen MR) is 134 cm³/mol. The van der Waals surface area contributed by atoms with Gasteiger partial charge >= 0.3 is 0 Å². The number of hydrogen-bond donors (Lipinski definition) is 1. The smallest absolute Gasteiger partial charge is 0.250 e. The maximum atomic E-state index is 12.4. The van der Waals surface area contributed by atoms with Crippen LogP contribution in [-0.2, 0) is 21.2 Å². The Labute approximate surface area is 201 Å². The van der Waals surface area contributed by atoms with Crippen molar-refractivity contribution in [3.8, 4) is 11.5 Å². The number of thiazole rings is 1. The highest BCUT2D eigenvalue weighted by atomic mass is 32.2. The first-order chi connectivity index (χ1) is 16.3. The van der Waals surface area contributed by atoms with Crippen molar-refractivity contribution in [1.82, 2.24) is 4.98 Å². The Hall–Kier alpha value is -3.69. The maximum Gasteiger partial charge on any atom is 0.250 e. The van der Waals surface area contributed by atoms with E-state index in [4.69, 9.17) is 9.47 Å². The minimum atomic E-state index is -3.31. The van der Waals surface area contributed by atoms with Crippen molar-refractivity contribution < 1.29 is 22.7 Å². The molecular weight excluding hydrogens is 472 g/mol. The molecule has 34 heavy (non-hydrogen) atoms. The van der Waals surface area contributed by atoms with Gasteiger partial charge in [-0.05, 0) is 47.5 Å². The number of ether oxygens (including phenoxy) is 2. The summed E-state index contributed by atoms with van der Waals surface area (Å²) >= 11 is 1.21. The Bertz CT molecular complexity index is 1460. The molecule has 0 saturated heterocycles. The van der Waals surface area contributed by atoms with Crippen LogP contribution in [0.2, 0.25) is 0 Å². The summed E-state index contributed by atoms with van der Waals surface area (Å²) in [6.45, 7) is 0.419. The van der Waals surface area contributed by atoms with Gasteiger partial charge in [-0.1, -0.05) is 47.7 Å². The molecule has 0 aliphatic rings. The Morgan fingerprint density at radius 1 is 1.06 bits per heavy atom. The van der Waals surface area contributed by atoms with E-state index in [2.05, 4.69) is 10.3 Å². The molecule has 0 atom stereocenters. The molecule has 7 nitrogen and oxygen atoms in total. The molecule has 1 aromatic heterocycles. The molecule has 174 valence electrons. The van der Waals surface area contributed by atoms with Crippen LogP contribution in [0, 0.1) is 0 Å². The molecule has 0 bridgehead atoms. The molecule has 0 unspecified atom stereocenters. The maximum absolute atomic E-state index is 12.4. The molecule has 9 heteroatoms. The van der Waals surface area contributed by atoms with Crippen LogP contribution < -0.4 is 14.8 Å². The quantitative estimate of drug-likeness (QED) is 0.349. The Morgan fingerprint density at radius 2 is 1.85 bits per heavy atom. The number of hydrogen-bond acceptors (Lipinski definition) is 7. The number of methoxy groups -OCH3 is 1. The molecule has 1 heterocycles. The highest BCUT2D eigenvalue weighted by Crippen LogP contribution is 2.30. The number of amides is 1. The topological polar surface area (TPSA) is 94.6 Å². The van der Waals surface area contributed by atoms with Crippen molar-refractivity contribution in [3.63, 3.8) is 0 Å². The van der Waals surface area contributed by atoms with Gasteiger partial charge in [0.1, 0.15) is 6.61 Å². The fourth-order valence-electron chi connectivity index (χ4n) is 3.15. The average Bonchev–Trinajstić information content (AvgIpc) is 3.23. The molecule has 0 fully saturated rings. The van der Waals surface area contributed by atoms with Crippen LogP contribution in [0.15, 0.2) is 77.7 Å². The zero-order valence-electron chi connectivity index (χ0n) is 18.5. The van der Waals surface area contributed by atoms with E-state index in [1.54, 1.807) is 37.5 Å². The molecule has 3 aromatic carbocycles. The van der Waals surface area contributed by atoms with Gasteiger partial charge in [0.25, 0.3) is 0 Å². The van der Waals surface area contributed by atoms with E-state index in [-0.39, 0.29) is 10.8 Å². The van der Waals surface area contributed by atoms with Crippen LogP contribution in [0.4, 0.5) is 5.13 Å². The zero-order chi connectivity index (χ0) is 24.1. The molecule has 1 N–H and O–H groups in total. The van der Waals surface area contributed by atoms with Crippen LogP contribution >= 0.6 is 11.3 Å². The third kappa shape index (κ3) is 5.81. The minimum absolute atomic E-state index is 0.214. The Balaban J connectivity index is 1.42. The number of anilines is 1. The fourth-order valence-corrected chi connectivity index (χ4v) is 4.78. The molecule has 0 saturated carbocycles. The highest BCUT2D eigenvalue weighted by molar-refractivity contribution is 7.90. The zero-order valence-corrected chi connectivity index (χ0v) is 20.2. The number of sulfone groups is 1. The van der Waals surface area contributed by atoms with Gasteiger partial charge in [0.15, 0.2) is 26.5 Å². The molecule has 4 rings (SSSR count). The molecule has 0 spiro atoms. The second-order valence-electron chi connectivity index (χ2n) is 7.43. The molecular formula is C25H22N2O5S2. The second kappa shape index (κ2) is 10.1. The van der Waals surface area contributed by atoms with E-state index in [0.29, 0.717) is 33.5 Å².